The summed E-state index contributed by atoms with van der Waals surface area (Å²) in [7, 11) is -1.82. The first-order valence-corrected chi connectivity index (χ1v) is 9.52. The molecule has 6 nitrogen and oxygen atoms in total. The van der Waals surface area contributed by atoms with Gasteiger partial charge in [0.25, 0.3) is 10.0 Å². The molecule has 1 aromatic heterocycles. The van der Waals surface area contributed by atoms with Crippen LogP contribution in [0.2, 0.25) is 0 Å². The van der Waals surface area contributed by atoms with Crippen LogP contribution < -0.4 is 0 Å². The second kappa shape index (κ2) is 5.62. The van der Waals surface area contributed by atoms with E-state index in [0.717, 1.165) is 44.8 Å². The molecule has 0 spiro atoms. The molecule has 0 saturated carbocycles. The normalized spacial score (nSPS) is 20.0. The lowest BCUT2D eigenvalue weighted by Gasteiger charge is -2.37. The highest BCUT2D eigenvalue weighted by atomic mass is 32.2. The number of aryl methyl sites for hydroxylation is 1. The van der Waals surface area contributed by atoms with Crippen molar-refractivity contribution in [3.8, 4) is 0 Å². The van der Waals surface area contributed by atoms with Crippen LogP contribution in [0.25, 0.3) is 0 Å². The minimum Gasteiger partial charge on any atom is -0.318 e. The molecule has 124 valence electrons. The maximum absolute atomic E-state index is 13.0. The van der Waals surface area contributed by atoms with Gasteiger partial charge < -0.3 is 9.47 Å². The minimum atomic E-state index is -3.51. The number of nitrogens with zero attached hydrogens (tertiary/aromatic N) is 4. The molecule has 0 atom stereocenters. The monoisotopic (exact) mass is 326 g/mol. The van der Waals surface area contributed by atoms with E-state index in [-0.39, 0.29) is 0 Å². The third-order valence-corrected chi connectivity index (χ3v) is 7.04. The second-order valence-electron chi connectivity index (χ2n) is 7.04. The largest absolute Gasteiger partial charge is 0.318 e. The molecule has 0 aliphatic carbocycles. The lowest BCUT2D eigenvalue weighted by Crippen LogP contribution is -2.52. The highest BCUT2D eigenvalue weighted by molar-refractivity contribution is 7.89. The molecule has 3 rings (SSSR count). The van der Waals surface area contributed by atoms with Gasteiger partial charge in [0.15, 0.2) is 5.03 Å². The molecular formula is C15H26N4O2S. The maximum Gasteiger partial charge on any atom is 0.260 e. The van der Waals surface area contributed by atoms with Crippen LogP contribution in [0.5, 0.6) is 0 Å². The van der Waals surface area contributed by atoms with Crippen molar-refractivity contribution in [2.75, 3.05) is 26.7 Å². The molecule has 0 amide bonds. The first-order chi connectivity index (χ1) is 10.3. The summed E-state index contributed by atoms with van der Waals surface area (Å²) in [5, 5.41) is 0.344. The van der Waals surface area contributed by atoms with Crippen molar-refractivity contribution < 1.29 is 8.42 Å². The summed E-state index contributed by atoms with van der Waals surface area (Å²) in [6, 6.07) is 0. The molecule has 1 saturated heterocycles. The number of rotatable bonds is 5. The molecule has 22 heavy (non-hydrogen) atoms. The topological polar surface area (TPSA) is 58.4 Å². The van der Waals surface area contributed by atoms with E-state index in [1.807, 2.05) is 18.4 Å². The van der Waals surface area contributed by atoms with Crippen LogP contribution in [0, 0.1) is 0 Å². The van der Waals surface area contributed by atoms with Crippen LogP contribution in [0.4, 0.5) is 0 Å². The Morgan fingerprint density at radius 1 is 1.23 bits per heavy atom. The van der Waals surface area contributed by atoms with Crippen molar-refractivity contribution in [1.82, 2.24) is 18.8 Å². The van der Waals surface area contributed by atoms with Gasteiger partial charge in [-0.05, 0) is 46.2 Å². The van der Waals surface area contributed by atoms with Crippen molar-refractivity contribution in [1.29, 1.82) is 0 Å². The summed E-state index contributed by atoms with van der Waals surface area (Å²) in [6.45, 7) is 7.67. The van der Waals surface area contributed by atoms with Crippen LogP contribution >= 0.6 is 0 Å². The smallest absolute Gasteiger partial charge is 0.260 e. The standard InChI is InChI=1S/C15H26N4O2S/c1-15(2,12-18-8-4-5-9-18)17(3)22(20,21)14-11-16-13-7-6-10-19(13)14/h11H,4-10,12H2,1-3H3. The third-order valence-electron chi connectivity index (χ3n) is 4.97. The molecule has 2 aliphatic heterocycles. The van der Waals surface area contributed by atoms with Gasteiger partial charge in [0, 0.05) is 32.1 Å². The average Bonchev–Trinajstić information content (AvgIpc) is 3.13. The van der Waals surface area contributed by atoms with Gasteiger partial charge in [0.05, 0.1) is 6.20 Å². The SMILES string of the molecule is CN(C(C)(C)CN1CCCC1)S(=O)(=O)c1cnc2n1CCC2. The molecule has 3 heterocycles. The fourth-order valence-electron chi connectivity index (χ4n) is 3.49. The van der Waals surface area contributed by atoms with Crippen LogP contribution in [0.1, 0.15) is 38.9 Å². The van der Waals surface area contributed by atoms with Gasteiger partial charge in [-0.25, -0.2) is 13.4 Å². The number of hydrogen-bond acceptors (Lipinski definition) is 4. The summed E-state index contributed by atoms with van der Waals surface area (Å²) in [5.41, 5.74) is -0.438. The van der Waals surface area contributed by atoms with E-state index in [9.17, 15) is 8.42 Å². The van der Waals surface area contributed by atoms with Gasteiger partial charge in [-0.1, -0.05) is 0 Å². The second-order valence-corrected chi connectivity index (χ2v) is 8.95. The fourth-order valence-corrected chi connectivity index (χ4v) is 5.14. The summed E-state index contributed by atoms with van der Waals surface area (Å²) in [5.74, 6) is 0.893. The number of fused-ring (bicyclic) bond motifs is 1. The maximum atomic E-state index is 13.0. The van der Waals surface area contributed by atoms with Gasteiger partial charge in [-0.15, -0.1) is 0 Å². The first kappa shape index (κ1) is 16.0. The van der Waals surface area contributed by atoms with Crippen LogP contribution in [0.3, 0.4) is 0 Å². The Hall–Kier alpha value is -0.920. The van der Waals surface area contributed by atoms with Crippen molar-refractivity contribution in [2.45, 2.75) is 56.6 Å². The van der Waals surface area contributed by atoms with E-state index in [2.05, 4.69) is 9.88 Å². The molecule has 0 radical (unpaired) electrons. The zero-order valence-electron chi connectivity index (χ0n) is 13.7. The summed E-state index contributed by atoms with van der Waals surface area (Å²) in [6.07, 6.45) is 5.79. The molecule has 0 N–H and O–H groups in total. The molecular weight excluding hydrogens is 300 g/mol. The Morgan fingerprint density at radius 2 is 1.91 bits per heavy atom. The van der Waals surface area contributed by atoms with E-state index in [4.69, 9.17) is 0 Å². The quantitative estimate of drug-likeness (QED) is 0.819. The molecule has 1 fully saturated rings. The Labute approximate surface area is 133 Å². The lowest BCUT2D eigenvalue weighted by molar-refractivity contribution is 0.177. The Bertz CT molecular complexity index is 644. The first-order valence-electron chi connectivity index (χ1n) is 8.08. The number of aromatic nitrogens is 2. The van der Waals surface area contributed by atoms with E-state index in [1.54, 1.807) is 7.05 Å². The highest BCUT2D eigenvalue weighted by Crippen LogP contribution is 2.27. The average molecular weight is 326 g/mol. The Kier molecular flexibility index (Phi) is 4.07. The summed E-state index contributed by atoms with van der Waals surface area (Å²) < 4.78 is 29.4. The zero-order chi connectivity index (χ0) is 16.0. The van der Waals surface area contributed by atoms with E-state index < -0.39 is 15.6 Å². The van der Waals surface area contributed by atoms with Gasteiger partial charge in [-0.2, -0.15) is 4.31 Å². The number of likely N-dealkylation sites (N-methyl/N-ethyl adjacent to an activating group) is 1. The number of likely N-dealkylation sites (tertiary alicyclic amines) is 1. The van der Waals surface area contributed by atoms with Crippen molar-refractivity contribution in [3.63, 3.8) is 0 Å². The van der Waals surface area contributed by atoms with Gasteiger partial charge in [-0.3, -0.25) is 0 Å². The Balaban J connectivity index is 1.84. The minimum absolute atomic E-state index is 0.344. The predicted molar refractivity (Wildman–Crippen MR) is 85.2 cm³/mol. The third kappa shape index (κ3) is 2.70. The summed E-state index contributed by atoms with van der Waals surface area (Å²) >= 11 is 0. The number of imidazole rings is 1. The van der Waals surface area contributed by atoms with Crippen molar-refractivity contribution in [3.05, 3.63) is 12.0 Å². The molecule has 1 aromatic rings. The van der Waals surface area contributed by atoms with Crippen LogP contribution in [0.15, 0.2) is 11.2 Å². The predicted octanol–water partition coefficient (Wildman–Crippen LogP) is 1.32. The van der Waals surface area contributed by atoms with E-state index in [1.165, 1.54) is 23.3 Å². The highest BCUT2D eigenvalue weighted by Gasteiger charge is 2.38. The van der Waals surface area contributed by atoms with Crippen molar-refractivity contribution >= 4 is 10.0 Å². The Morgan fingerprint density at radius 3 is 2.59 bits per heavy atom. The van der Waals surface area contributed by atoms with Gasteiger partial charge >= 0.3 is 0 Å². The van der Waals surface area contributed by atoms with E-state index >= 15 is 0 Å². The molecule has 0 unspecified atom stereocenters. The lowest BCUT2D eigenvalue weighted by atomic mass is 10.1. The van der Waals surface area contributed by atoms with E-state index in [0.29, 0.717) is 5.03 Å². The van der Waals surface area contributed by atoms with Gasteiger partial charge in [0.2, 0.25) is 0 Å². The van der Waals surface area contributed by atoms with Crippen molar-refractivity contribution in [2.24, 2.45) is 0 Å². The van der Waals surface area contributed by atoms with Crippen LogP contribution in [-0.2, 0) is 23.0 Å². The number of sulfonamides is 1. The summed E-state index contributed by atoms with van der Waals surface area (Å²) in [4.78, 5) is 6.63. The molecule has 2 aliphatic rings. The fraction of sp³-hybridized carbons (Fsp3) is 0.800. The van der Waals surface area contributed by atoms with Gasteiger partial charge in [0.1, 0.15) is 5.82 Å². The van der Waals surface area contributed by atoms with Crippen LogP contribution in [-0.4, -0.2) is 59.4 Å². The number of hydrogen-bond donors (Lipinski definition) is 0. The molecule has 0 aromatic carbocycles. The molecule has 7 heteroatoms. The molecule has 0 bridgehead atoms. The zero-order valence-corrected chi connectivity index (χ0v) is 14.6.